The zero-order valence-electron chi connectivity index (χ0n) is 17.6. The molecule has 0 aliphatic carbocycles. The summed E-state index contributed by atoms with van der Waals surface area (Å²) in [5, 5.41) is 6.16. The van der Waals surface area contributed by atoms with Gasteiger partial charge in [0, 0.05) is 19.1 Å². The normalized spacial score (nSPS) is 12.9. The monoisotopic (exact) mass is 378 g/mol. The number of amides is 1. The Morgan fingerprint density at radius 3 is 2.44 bits per heavy atom. The summed E-state index contributed by atoms with van der Waals surface area (Å²) in [5.74, 6) is 1.99. The average Bonchev–Trinajstić information content (AvgIpc) is 2.57. The topological polar surface area (TPSA) is 75.2 Å². The van der Waals surface area contributed by atoms with Crippen molar-refractivity contribution in [3.63, 3.8) is 0 Å². The fourth-order valence-corrected chi connectivity index (χ4v) is 2.40. The molecule has 1 atom stereocenters. The van der Waals surface area contributed by atoms with E-state index >= 15 is 0 Å². The highest BCUT2D eigenvalue weighted by molar-refractivity contribution is 5.86. The molecule has 0 heterocycles. The number of hydrogen-bond acceptors (Lipinski definition) is 4. The first-order valence-electron chi connectivity index (χ1n) is 9.26. The van der Waals surface area contributed by atoms with Crippen LogP contribution in [0.25, 0.3) is 0 Å². The third kappa shape index (κ3) is 8.66. The Bertz CT molecular complexity index is 626. The third-order valence-corrected chi connectivity index (χ3v) is 3.49. The molecule has 27 heavy (non-hydrogen) atoms. The number of methoxy groups -OCH3 is 1. The van der Waals surface area contributed by atoms with Gasteiger partial charge in [-0.25, -0.2) is 4.99 Å². The largest absolute Gasteiger partial charge is 0.493 e. The number of hydrogen-bond donors (Lipinski definition) is 2. The molecule has 0 radical (unpaired) electrons. The van der Waals surface area contributed by atoms with Gasteiger partial charge in [0.2, 0.25) is 5.91 Å². The van der Waals surface area contributed by atoms with Crippen LogP contribution in [0.15, 0.2) is 29.3 Å². The third-order valence-electron chi connectivity index (χ3n) is 3.49. The van der Waals surface area contributed by atoms with Crippen LogP contribution in [0.4, 0.5) is 0 Å². The van der Waals surface area contributed by atoms with E-state index in [0.29, 0.717) is 30.5 Å². The first kappa shape index (κ1) is 22.6. The highest BCUT2D eigenvalue weighted by Gasteiger charge is 2.17. The standard InChI is InChI=1S/C20H34N4O3/c1-8-21-19(24(6)14-18(25)23-20(3,4)5)22-13-15(2)27-17-12-10-9-11-16(17)26-7/h9-12,15H,8,13-14H2,1-7H3,(H,21,22)(H,23,25). The van der Waals surface area contributed by atoms with E-state index in [9.17, 15) is 4.79 Å². The maximum atomic E-state index is 12.2. The van der Waals surface area contributed by atoms with Crippen molar-refractivity contribution in [2.24, 2.45) is 4.99 Å². The molecule has 1 aromatic rings. The lowest BCUT2D eigenvalue weighted by atomic mass is 10.1. The minimum absolute atomic E-state index is 0.0473. The Morgan fingerprint density at radius 2 is 1.89 bits per heavy atom. The van der Waals surface area contributed by atoms with Crippen LogP contribution in [-0.2, 0) is 4.79 Å². The lowest BCUT2D eigenvalue weighted by molar-refractivity contribution is -0.122. The molecule has 1 amide bonds. The summed E-state index contributed by atoms with van der Waals surface area (Å²) in [5.41, 5.74) is -0.259. The quantitative estimate of drug-likeness (QED) is 0.536. The minimum atomic E-state index is -0.259. The predicted octanol–water partition coefficient (Wildman–Crippen LogP) is 2.27. The molecule has 0 aromatic heterocycles. The van der Waals surface area contributed by atoms with Gasteiger partial charge in [-0.3, -0.25) is 4.79 Å². The summed E-state index contributed by atoms with van der Waals surface area (Å²) in [6.45, 7) is 11.2. The van der Waals surface area contributed by atoms with Gasteiger partial charge >= 0.3 is 0 Å². The molecular weight excluding hydrogens is 344 g/mol. The van der Waals surface area contributed by atoms with Crippen molar-refractivity contribution in [2.45, 2.75) is 46.3 Å². The second-order valence-electron chi connectivity index (χ2n) is 7.43. The van der Waals surface area contributed by atoms with Crippen molar-refractivity contribution < 1.29 is 14.3 Å². The maximum Gasteiger partial charge on any atom is 0.240 e. The van der Waals surface area contributed by atoms with Crippen LogP contribution in [0.3, 0.4) is 0 Å². The highest BCUT2D eigenvalue weighted by Crippen LogP contribution is 2.26. The molecule has 0 aliphatic rings. The molecule has 2 N–H and O–H groups in total. The fourth-order valence-electron chi connectivity index (χ4n) is 2.40. The van der Waals surface area contributed by atoms with Crippen molar-refractivity contribution in [2.75, 3.05) is 33.8 Å². The van der Waals surface area contributed by atoms with Gasteiger partial charge in [0.15, 0.2) is 17.5 Å². The Labute approximate surface area is 163 Å². The van der Waals surface area contributed by atoms with Gasteiger partial charge in [0.1, 0.15) is 6.10 Å². The Balaban J connectivity index is 2.70. The van der Waals surface area contributed by atoms with Crippen molar-refractivity contribution in [3.05, 3.63) is 24.3 Å². The van der Waals surface area contributed by atoms with Gasteiger partial charge in [0.05, 0.1) is 20.2 Å². The van der Waals surface area contributed by atoms with E-state index in [2.05, 4.69) is 15.6 Å². The van der Waals surface area contributed by atoms with Gasteiger partial charge in [-0.1, -0.05) is 12.1 Å². The Kier molecular flexibility index (Phi) is 8.91. The number of rotatable bonds is 8. The zero-order valence-corrected chi connectivity index (χ0v) is 17.6. The average molecular weight is 379 g/mol. The highest BCUT2D eigenvalue weighted by atomic mass is 16.5. The summed E-state index contributed by atoms with van der Waals surface area (Å²) in [7, 11) is 3.46. The van der Waals surface area contributed by atoms with E-state index < -0.39 is 0 Å². The number of ether oxygens (including phenoxy) is 2. The van der Waals surface area contributed by atoms with Crippen LogP contribution < -0.4 is 20.1 Å². The number of likely N-dealkylation sites (N-methyl/N-ethyl adjacent to an activating group) is 1. The van der Waals surface area contributed by atoms with E-state index in [4.69, 9.17) is 9.47 Å². The number of aliphatic imine (C=N–C) groups is 1. The van der Waals surface area contributed by atoms with Crippen LogP contribution >= 0.6 is 0 Å². The number of benzene rings is 1. The summed E-state index contributed by atoms with van der Waals surface area (Å²) in [6, 6.07) is 7.53. The van der Waals surface area contributed by atoms with Gasteiger partial charge < -0.3 is 25.0 Å². The molecule has 1 aromatic carbocycles. The summed E-state index contributed by atoms with van der Waals surface area (Å²) < 4.78 is 11.2. The Morgan fingerprint density at radius 1 is 1.26 bits per heavy atom. The molecule has 0 spiro atoms. The molecule has 1 unspecified atom stereocenters. The van der Waals surface area contributed by atoms with Crippen LogP contribution in [0.2, 0.25) is 0 Å². The first-order chi connectivity index (χ1) is 12.7. The molecule has 0 saturated carbocycles. The van der Waals surface area contributed by atoms with Gasteiger partial charge in [-0.15, -0.1) is 0 Å². The van der Waals surface area contributed by atoms with Gasteiger partial charge in [-0.2, -0.15) is 0 Å². The van der Waals surface area contributed by atoms with Crippen molar-refractivity contribution in [1.29, 1.82) is 0 Å². The predicted molar refractivity (Wildman–Crippen MR) is 110 cm³/mol. The van der Waals surface area contributed by atoms with E-state index in [1.165, 1.54) is 0 Å². The van der Waals surface area contributed by atoms with E-state index in [1.54, 1.807) is 12.0 Å². The van der Waals surface area contributed by atoms with Crippen LogP contribution in [0.1, 0.15) is 34.6 Å². The second-order valence-corrected chi connectivity index (χ2v) is 7.43. The lowest BCUT2D eigenvalue weighted by Gasteiger charge is -2.25. The molecule has 7 heteroatoms. The molecule has 1 rings (SSSR count). The molecule has 0 aliphatic heterocycles. The number of para-hydroxylation sites is 2. The van der Waals surface area contributed by atoms with E-state index in [-0.39, 0.29) is 24.1 Å². The molecule has 152 valence electrons. The SMILES string of the molecule is CCNC(=NCC(C)Oc1ccccc1OC)N(C)CC(=O)NC(C)(C)C. The zero-order chi connectivity index (χ0) is 20.4. The Hall–Kier alpha value is -2.44. The lowest BCUT2D eigenvalue weighted by Crippen LogP contribution is -2.49. The van der Waals surface area contributed by atoms with Crippen molar-refractivity contribution >= 4 is 11.9 Å². The summed E-state index contributed by atoms with van der Waals surface area (Å²) >= 11 is 0. The van der Waals surface area contributed by atoms with E-state index in [1.807, 2.05) is 65.9 Å². The fraction of sp³-hybridized carbons (Fsp3) is 0.600. The molecule has 7 nitrogen and oxygen atoms in total. The van der Waals surface area contributed by atoms with Crippen LogP contribution in [-0.4, -0.2) is 62.2 Å². The number of guanidine groups is 1. The van der Waals surface area contributed by atoms with Crippen LogP contribution in [0.5, 0.6) is 11.5 Å². The van der Waals surface area contributed by atoms with Crippen molar-refractivity contribution in [1.82, 2.24) is 15.5 Å². The molecule has 0 saturated heterocycles. The van der Waals surface area contributed by atoms with Crippen LogP contribution in [0, 0.1) is 0 Å². The number of carbonyl (C=O) groups excluding carboxylic acids is 1. The minimum Gasteiger partial charge on any atom is -0.493 e. The molecular formula is C20H34N4O3. The van der Waals surface area contributed by atoms with Crippen molar-refractivity contribution in [3.8, 4) is 11.5 Å². The molecule has 0 bridgehead atoms. The smallest absolute Gasteiger partial charge is 0.240 e. The van der Waals surface area contributed by atoms with Gasteiger partial charge in [-0.05, 0) is 46.8 Å². The van der Waals surface area contributed by atoms with Gasteiger partial charge in [0.25, 0.3) is 0 Å². The first-order valence-corrected chi connectivity index (χ1v) is 9.26. The maximum absolute atomic E-state index is 12.2. The summed E-state index contributed by atoms with van der Waals surface area (Å²) in [4.78, 5) is 18.6. The molecule has 0 fully saturated rings. The second kappa shape index (κ2) is 10.6. The number of carbonyl (C=O) groups is 1. The summed E-state index contributed by atoms with van der Waals surface area (Å²) in [6.07, 6.45) is -0.147. The van der Waals surface area contributed by atoms with E-state index in [0.717, 1.165) is 0 Å². The number of nitrogens with one attached hydrogen (secondary N) is 2. The number of nitrogens with zero attached hydrogens (tertiary/aromatic N) is 2.